The van der Waals surface area contributed by atoms with Crippen molar-refractivity contribution in [3.8, 4) is 5.75 Å². The van der Waals surface area contributed by atoms with Crippen LogP contribution in [0.15, 0.2) is 18.2 Å². The Morgan fingerprint density at radius 2 is 2.00 bits per heavy atom. The molecule has 4 nitrogen and oxygen atoms in total. The molecule has 0 aliphatic rings. The SMILES string of the molecule is CNC(=O)Nc1ccc(O)c(C(F)(F)F)c1. The summed E-state index contributed by atoms with van der Waals surface area (Å²) in [6.07, 6.45) is -4.66. The van der Waals surface area contributed by atoms with Crippen LogP contribution in [0.5, 0.6) is 5.75 Å². The summed E-state index contributed by atoms with van der Waals surface area (Å²) >= 11 is 0. The number of benzene rings is 1. The number of carbonyl (C=O) groups excluding carboxylic acids is 1. The van der Waals surface area contributed by atoms with Crippen molar-refractivity contribution in [2.75, 3.05) is 12.4 Å². The first-order chi connectivity index (χ1) is 7.34. The van der Waals surface area contributed by atoms with E-state index in [0.717, 1.165) is 6.07 Å². The predicted octanol–water partition coefficient (Wildman–Crippen LogP) is 2.16. The molecular formula is C9H9F3N2O2. The van der Waals surface area contributed by atoms with Crippen LogP contribution in [0.1, 0.15) is 5.56 Å². The van der Waals surface area contributed by atoms with Crippen molar-refractivity contribution in [2.45, 2.75) is 6.18 Å². The second-order valence-electron chi connectivity index (χ2n) is 2.93. The van der Waals surface area contributed by atoms with Gasteiger partial charge in [0.05, 0.1) is 5.56 Å². The highest BCUT2D eigenvalue weighted by atomic mass is 19.4. The van der Waals surface area contributed by atoms with Gasteiger partial charge in [0.1, 0.15) is 5.75 Å². The third-order valence-corrected chi connectivity index (χ3v) is 1.79. The molecule has 0 aliphatic carbocycles. The summed E-state index contributed by atoms with van der Waals surface area (Å²) in [4.78, 5) is 10.9. The van der Waals surface area contributed by atoms with Crippen LogP contribution in [0.4, 0.5) is 23.7 Å². The van der Waals surface area contributed by atoms with Gasteiger partial charge in [-0.2, -0.15) is 13.2 Å². The molecule has 1 aromatic rings. The minimum atomic E-state index is -4.66. The lowest BCUT2D eigenvalue weighted by molar-refractivity contribution is -0.138. The average Bonchev–Trinajstić information content (AvgIpc) is 2.19. The maximum absolute atomic E-state index is 12.4. The first-order valence-corrected chi connectivity index (χ1v) is 4.23. The number of urea groups is 1. The lowest BCUT2D eigenvalue weighted by Gasteiger charge is -2.11. The van der Waals surface area contributed by atoms with E-state index in [2.05, 4.69) is 10.6 Å². The maximum atomic E-state index is 12.4. The Morgan fingerprint density at radius 3 is 2.50 bits per heavy atom. The van der Waals surface area contributed by atoms with Crippen LogP contribution in [0, 0.1) is 0 Å². The highest BCUT2D eigenvalue weighted by Gasteiger charge is 2.34. The number of carbonyl (C=O) groups is 1. The fourth-order valence-electron chi connectivity index (χ4n) is 1.03. The van der Waals surface area contributed by atoms with Crippen molar-refractivity contribution in [1.29, 1.82) is 0 Å². The zero-order valence-electron chi connectivity index (χ0n) is 8.22. The number of anilines is 1. The van der Waals surface area contributed by atoms with Crippen LogP contribution in [-0.4, -0.2) is 18.2 Å². The first-order valence-electron chi connectivity index (χ1n) is 4.23. The molecule has 0 bridgehead atoms. The third-order valence-electron chi connectivity index (χ3n) is 1.79. The lowest BCUT2D eigenvalue weighted by atomic mass is 10.1. The van der Waals surface area contributed by atoms with E-state index < -0.39 is 23.5 Å². The van der Waals surface area contributed by atoms with Crippen LogP contribution in [0.25, 0.3) is 0 Å². The lowest BCUT2D eigenvalue weighted by Crippen LogP contribution is -2.24. The molecule has 0 unspecified atom stereocenters. The van der Waals surface area contributed by atoms with Crippen molar-refractivity contribution in [3.05, 3.63) is 23.8 Å². The normalized spacial score (nSPS) is 11.0. The Hall–Kier alpha value is -1.92. The third kappa shape index (κ3) is 2.78. The molecule has 0 radical (unpaired) electrons. The van der Waals surface area contributed by atoms with Gasteiger partial charge < -0.3 is 15.7 Å². The number of phenols is 1. The fraction of sp³-hybridized carbons (Fsp3) is 0.222. The molecule has 1 aromatic carbocycles. The minimum absolute atomic E-state index is 0.0514. The van der Waals surface area contributed by atoms with Crippen LogP contribution >= 0.6 is 0 Å². The summed E-state index contributed by atoms with van der Waals surface area (Å²) in [5.41, 5.74) is -1.24. The summed E-state index contributed by atoms with van der Waals surface area (Å²) in [5.74, 6) is -0.880. The molecule has 16 heavy (non-hydrogen) atoms. The Kier molecular flexibility index (Phi) is 3.26. The smallest absolute Gasteiger partial charge is 0.420 e. The number of amides is 2. The Balaban J connectivity index is 3.03. The number of hydrogen-bond donors (Lipinski definition) is 3. The summed E-state index contributed by atoms with van der Waals surface area (Å²) in [6.45, 7) is 0. The number of halogens is 3. The molecule has 0 saturated carbocycles. The minimum Gasteiger partial charge on any atom is -0.507 e. The van der Waals surface area contributed by atoms with Crippen LogP contribution in [-0.2, 0) is 6.18 Å². The predicted molar refractivity (Wildman–Crippen MR) is 51.2 cm³/mol. The molecular weight excluding hydrogens is 225 g/mol. The molecule has 0 atom stereocenters. The van der Waals surface area contributed by atoms with Crippen LogP contribution < -0.4 is 10.6 Å². The number of nitrogens with one attached hydrogen (secondary N) is 2. The number of rotatable bonds is 1. The van der Waals surface area contributed by atoms with Gasteiger partial charge in [-0.3, -0.25) is 0 Å². The van der Waals surface area contributed by atoms with Crippen LogP contribution in [0.3, 0.4) is 0 Å². The molecule has 0 saturated heterocycles. The van der Waals surface area contributed by atoms with Gasteiger partial charge in [0, 0.05) is 12.7 Å². The summed E-state index contributed by atoms with van der Waals surface area (Å²) in [5, 5.41) is 13.4. The molecule has 0 heterocycles. The second kappa shape index (κ2) is 4.30. The van der Waals surface area contributed by atoms with Crippen molar-refractivity contribution in [3.63, 3.8) is 0 Å². The Labute approximate surface area is 89.1 Å². The van der Waals surface area contributed by atoms with Gasteiger partial charge in [-0.25, -0.2) is 4.79 Å². The number of aromatic hydroxyl groups is 1. The van der Waals surface area contributed by atoms with Crippen molar-refractivity contribution in [1.82, 2.24) is 5.32 Å². The molecule has 0 spiro atoms. The van der Waals surface area contributed by atoms with Crippen molar-refractivity contribution < 1.29 is 23.1 Å². The number of phenolic OH excluding ortho intramolecular Hbond substituents is 1. The molecule has 0 aliphatic heterocycles. The van der Waals surface area contributed by atoms with Gasteiger partial charge in [-0.05, 0) is 18.2 Å². The molecule has 2 amide bonds. The van der Waals surface area contributed by atoms with Gasteiger partial charge in [-0.1, -0.05) is 0 Å². The first kappa shape index (κ1) is 12.2. The van der Waals surface area contributed by atoms with E-state index in [9.17, 15) is 18.0 Å². The zero-order valence-corrected chi connectivity index (χ0v) is 8.22. The highest BCUT2D eigenvalue weighted by Crippen LogP contribution is 2.36. The van der Waals surface area contributed by atoms with Crippen molar-refractivity contribution >= 4 is 11.7 Å². The topological polar surface area (TPSA) is 61.4 Å². The van der Waals surface area contributed by atoms with E-state index in [1.54, 1.807) is 0 Å². The summed E-state index contributed by atoms with van der Waals surface area (Å²) in [7, 11) is 1.33. The fourth-order valence-corrected chi connectivity index (χ4v) is 1.03. The Morgan fingerprint density at radius 1 is 1.38 bits per heavy atom. The molecule has 0 fully saturated rings. The second-order valence-corrected chi connectivity index (χ2v) is 2.93. The van der Waals surface area contributed by atoms with Gasteiger partial charge >= 0.3 is 12.2 Å². The monoisotopic (exact) mass is 234 g/mol. The van der Waals surface area contributed by atoms with Gasteiger partial charge in [-0.15, -0.1) is 0 Å². The quantitative estimate of drug-likeness (QED) is 0.652. The molecule has 1 rings (SSSR count). The molecule has 7 heteroatoms. The van der Waals surface area contributed by atoms with Crippen LogP contribution in [0.2, 0.25) is 0 Å². The molecule has 3 N–H and O–H groups in total. The highest BCUT2D eigenvalue weighted by molar-refractivity contribution is 5.89. The van der Waals surface area contributed by atoms with E-state index in [1.165, 1.54) is 13.1 Å². The van der Waals surface area contributed by atoms with E-state index in [0.29, 0.717) is 6.07 Å². The molecule has 0 aromatic heterocycles. The van der Waals surface area contributed by atoms with E-state index in [1.807, 2.05) is 0 Å². The maximum Gasteiger partial charge on any atom is 0.420 e. The van der Waals surface area contributed by atoms with Crippen molar-refractivity contribution in [2.24, 2.45) is 0 Å². The largest absolute Gasteiger partial charge is 0.507 e. The van der Waals surface area contributed by atoms with Gasteiger partial charge in [0.25, 0.3) is 0 Å². The zero-order chi connectivity index (χ0) is 12.3. The van der Waals surface area contributed by atoms with Gasteiger partial charge in [0.15, 0.2) is 0 Å². The Bertz CT molecular complexity index is 404. The summed E-state index contributed by atoms with van der Waals surface area (Å²) < 4.78 is 37.1. The van der Waals surface area contributed by atoms with E-state index >= 15 is 0 Å². The summed E-state index contributed by atoms with van der Waals surface area (Å²) in [6, 6.07) is 2.05. The van der Waals surface area contributed by atoms with E-state index in [-0.39, 0.29) is 5.69 Å². The van der Waals surface area contributed by atoms with E-state index in [4.69, 9.17) is 5.11 Å². The van der Waals surface area contributed by atoms with Gasteiger partial charge in [0.2, 0.25) is 0 Å². The number of hydrogen-bond acceptors (Lipinski definition) is 2. The average molecular weight is 234 g/mol. The molecule has 88 valence electrons. The number of alkyl halides is 3. The standard InChI is InChI=1S/C9H9F3N2O2/c1-13-8(16)14-5-2-3-7(15)6(4-5)9(10,11)12/h2-4,15H,1H3,(H2,13,14,16).